The molecule has 21 heavy (non-hydrogen) atoms. The summed E-state index contributed by atoms with van der Waals surface area (Å²) in [5.74, 6) is 0.697. The van der Waals surface area contributed by atoms with E-state index in [-0.39, 0.29) is 18.4 Å². The number of anilines is 1. The Labute approximate surface area is 124 Å². The molecule has 2 amide bonds. The van der Waals surface area contributed by atoms with Gasteiger partial charge in [-0.1, -0.05) is 24.6 Å². The fourth-order valence-electron chi connectivity index (χ4n) is 3.67. The minimum Gasteiger partial charge on any atom is -0.369 e. The van der Waals surface area contributed by atoms with Crippen LogP contribution in [0.15, 0.2) is 24.3 Å². The second-order valence-corrected chi connectivity index (χ2v) is 6.03. The molecule has 3 atom stereocenters. The monoisotopic (exact) mass is 287 g/mol. The number of hydrogen-bond donors (Lipinski definition) is 3. The van der Waals surface area contributed by atoms with Crippen molar-refractivity contribution in [2.24, 2.45) is 17.6 Å². The number of fused-ring (bicyclic) bond motifs is 1. The topological polar surface area (TPSA) is 84.2 Å². The van der Waals surface area contributed by atoms with Crippen molar-refractivity contribution in [3.8, 4) is 0 Å². The van der Waals surface area contributed by atoms with Gasteiger partial charge in [0.25, 0.3) is 0 Å². The Kier molecular flexibility index (Phi) is 3.92. The van der Waals surface area contributed by atoms with Gasteiger partial charge in [-0.05, 0) is 42.9 Å². The lowest BCUT2D eigenvalue weighted by Gasteiger charge is -2.19. The maximum absolute atomic E-state index is 12.5. The molecule has 1 saturated carbocycles. The SMILES string of the molecule is NC(=O)Cc1ccccc1NC(=O)C1NCC2CCCC21. The standard InChI is InChI=1S/C16H21N3O2/c17-14(20)8-10-4-1-2-7-13(10)19-16(21)15-12-6-3-5-11(12)9-18-15/h1-2,4,7,11-12,15,18H,3,5-6,8-9H2,(H2,17,20)(H,19,21). The van der Waals surface area contributed by atoms with Gasteiger partial charge in [0.1, 0.15) is 0 Å². The van der Waals surface area contributed by atoms with E-state index in [1.807, 2.05) is 24.3 Å². The zero-order valence-electron chi connectivity index (χ0n) is 12.0. The van der Waals surface area contributed by atoms with E-state index in [0.717, 1.165) is 18.5 Å². The maximum Gasteiger partial charge on any atom is 0.241 e. The first-order valence-corrected chi connectivity index (χ1v) is 7.55. The second-order valence-electron chi connectivity index (χ2n) is 6.03. The average Bonchev–Trinajstić information content (AvgIpc) is 3.02. The van der Waals surface area contributed by atoms with Crippen LogP contribution in [-0.2, 0) is 16.0 Å². The zero-order chi connectivity index (χ0) is 14.8. The van der Waals surface area contributed by atoms with Crippen LogP contribution in [0.25, 0.3) is 0 Å². The first-order valence-electron chi connectivity index (χ1n) is 7.55. The van der Waals surface area contributed by atoms with Gasteiger partial charge < -0.3 is 16.4 Å². The molecule has 1 aromatic rings. The van der Waals surface area contributed by atoms with Gasteiger partial charge in [-0.3, -0.25) is 9.59 Å². The zero-order valence-corrected chi connectivity index (χ0v) is 12.0. The summed E-state index contributed by atoms with van der Waals surface area (Å²) in [6, 6.07) is 7.21. The highest BCUT2D eigenvalue weighted by atomic mass is 16.2. The van der Waals surface area contributed by atoms with E-state index >= 15 is 0 Å². The fraction of sp³-hybridized carbons (Fsp3) is 0.500. The van der Waals surface area contributed by atoms with Gasteiger partial charge in [-0.25, -0.2) is 0 Å². The van der Waals surface area contributed by atoms with E-state index in [4.69, 9.17) is 5.73 Å². The van der Waals surface area contributed by atoms with Crippen LogP contribution in [0.5, 0.6) is 0 Å². The van der Waals surface area contributed by atoms with Crippen LogP contribution in [0, 0.1) is 11.8 Å². The number of amides is 2. The van der Waals surface area contributed by atoms with E-state index < -0.39 is 5.91 Å². The predicted octanol–water partition coefficient (Wildman–Crippen LogP) is 1.04. The molecule has 112 valence electrons. The van der Waals surface area contributed by atoms with Crippen LogP contribution >= 0.6 is 0 Å². The molecule has 1 heterocycles. The highest BCUT2D eigenvalue weighted by Crippen LogP contribution is 2.38. The highest BCUT2D eigenvalue weighted by molar-refractivity contribution is 5.96. The molecular weight excluding hydrogens is 266 g/mol. The van der Waals surface area contributed by atoms with Crippen LogP contribution in [-0.4, -0.2) is 24.4 Å². The highest BCUT2D eigenvalue weighted by Gasteiger charge is 2.42. The molecule has 0 spiro atoms. The summed E-state index contributed by atoms with van der Waals surface area (Å²) in [7, 11) is 0. The Morgan fingerprint density at radius 2 is 2.10 bits per heavy atom. The van der Waals surface area contributed by atoms with Gasteiger partial charge in [0.15, 0.2) is 0 Å². The number of carbonyl (C=O) groups excluding carboxylic acids is 2. The quantitative estimate of drug-likeness (QED) is 0.773. The van der Waals surface area contributed by atoms with Crippen molar-refractivity contribution < 1.29 is 9.59 Å². The maximum atomic E-state index is 12.5. The van der Waals surface area contributed by atoms with E-state index in [0.29, 0.717) is 17.5 Å². The van der Waals surface area contributed by atoms with Crippen molar-refractivity contribution in [1.29, 1.82) is 0 Å². The number of primary amides is 1. The molecule has 5 nitrogen and oxygen atoms in total. The lowest BCUT2D eigenvalue weighted by Crippen LogP contribution is -2.40. The molecule has 5 heteroatoms. The average molecular weight is 287 g/mol. The molecule has 1 aliphatic carbocycles. The minimum absolute atomic E-state index is 0.00122. The number of carbonyl (C=O) groups is 2. The van der Waals surface area contributed by atoms with Crippen LogP contribution in [0.1, 0.15) is 24.8 Å². The Bertz CT molecular complexity index is 558. The molecule has 0 radical (unpaired) electrons. The summed E-state index contributed by atoms with van der Waals surface area (Å²) in [6.07, 6.45) is 3.71. The Morgan fingerprint density at radius 3 is 2.90 bits per heavy atom. The number of hydrogen-bond acceptors (Lipinski definition) is 3. The van der Waals surface area contributed by atoms with E-state index in [1.165, 1.54) is 12.8 Å². The van der Waals surface area contributed by atoms with Gasteiger partial charge in [0, 0.05) is 5.69 Å². The summed E-state index contributed by atoms with van der Waals surface area (Å²) in [5, 5.41) is 6.30. The third-order valence-corrected chi connectivity index (χ3v) is 4.67. The minimum atomic E-state index is -0.397. The molecule has 0 aromatic heterocycles. The van der Waals surface area contributed by atoms with Crippen molar-refractivity contribution in [2.45, 2.75) is 31.7 Å². The summed E-state index contributed by atoms with van der Waals surface area (Å²) in [5.41, 5.74) is 6.70. The molecule has 3 unspecified atom stereocenters. The molecule has 1 aliphatic heterocycles. The lowest BCUT2D eigenvalue weighted by molar-refractivity contribution is -0.119. The number of benzene rings is 1. The molecular formula is C16H21N3O2. The third-order valence-electron chi connectivity index (χ3n) is 4.67. The van der Waals surface area contributed by atoms with Crippen LogP contribution in [0.3, 0.4) is 0 Å². The van der Waals surface area contributed by atoms with Gasteiger partial charge in [-0.15, -0.1) is 0 Å². The molecule has 0 bridgehead atoms. The number of nitrogens with two attached hydrogens (primary N) is 1. The molecule has 3 rings (SSSR count). The van der Waals surface area contributed by atoms with E-state index in [1.54, 1.807) is 0 Å². The Morgan fingerprint density at radius 1 is 1.29 bits per heavy atom. The van der Waals surface area contributed by atoms with E-state index in [2.05, 4.69) is 10.6 Å². The van der Waals surface area contributed by atoms with E-state index in [9.17, 15) is 9.59 Å². The predicted molar refractivity (Wildman–Crippen MR) is 80.6 cm³/mol. The third kappa shape index (κ3) is 2.93. The van der Waals surface area contributed by atoms with Crippen molar-refractivity contribution in [1.82, 2.24) is 5.32 Å². The summed E-state index contributed by atoms with van der Waals surface area (Å²) >= 11 is 0. The second kappa shape index (κ2) is 5.85. The van der Waals surface area contributed by atoms with Gasteiger partial charge in [0.2, 0.25) is 11.8 Å². The van der Waals surface area contributed by atoms with Crippen LogP contribution < -0.4 is 16.4 Å². The Balaban J connectivity index is 1.71. The molecule has 2 aliphatic rings. The molecule has 1 aromatic carbocycles. The van der Waals surface area contributed by atoms with Gasteiger partial charge >= 0.3 is 0 Å². The number of para-hydroxylation sites is 1. The number of rotatable bonds is 4. The van der Waals surface area contributed by atoms with Crippen LogP contribution in [0.4, 0.5) is 5.69 Å². The first kappa shape index (κ1) is 14.1. The fourth-order valence-corrected chi connectivity index (χ4v) is 3.67. The lowest BCUT2D eigenvalue weighted by atomic mass is 9.93. The van der Waals surface area contributed by atoms with Gasteiger partial charge in [0.05, 0.1) is 12.5 Å². The summed E-state index contributed by atoms with van der Waals surface area (Å²) < 4.78 is 0. The summed E-state index contributed by atoms with van der Waals surface area (Å²) in [4.78, 5) is 23.6. The van der Waals surface area contributed by atoms with Gasteiger partial charge in [-0.2, -0.15) is 0 Å². The Hall–Kier alpha value is -1.88. The molecule has 4 N–H and O–H groups in total. The van der Waals surface area contributed by atoms with Crippen molar-refractivity contribution >= 4 is 17.5 Å². The first-order chi connectivity index (χ1) is 10.1. The number of nitrogens with one attached hydrogen (secondary N) is 2. The normalized spacial score (nSPS) is 27.3. The molecule has 2 fully saturated rings. The van der Waals surface area contributed by atoms with Crippen molar-refractivity contribution in [3.63, 3.8) is 0 Å². The van der Waals surface area contributed by atoms with Crippen molar-refractivity contribution in [3.05, 3.63) is 29.8 Å². The van der Waals surface area contributed by atoms with Crippen molar-refractivity contribution in [2.75, 3.05) is 11.9 Å². The smallest absolute Gasteiger partial charge is 0.241 e. The largest absolute Gasteiger partial charge is 0.369 e. The summed E-state index contributed by atoms with van der Waals surface area (Å²) in [6.45, 7) is 0.936. The van der Waals surface area contributed by atoms with Crippen LogP contribution in [0.2, 0.25) is 0 Å². The molecule has 1 saturated heterocycles.